The van der Waals surface area contributed by atoms with Crippen LogP contribution in [0.15, 0.2) is 103 Å². The molecule has 40 heavy (non-hydrogen) atoms. The van der Waals surface area contributed by atoms with E-state index >= 15 is 0 Å². The average Bonchev–Trinajstić information content (AvgIpc) is 3.40. The van der Waals surface area contributed by atoms with Gasteiger partial charge >= 0.3 is 6.09 Å². The van der Waals surface area contributed by atoms with E-state index in [1.807, 2.05) is 56.3 Å². The van der Waals surface area contributed by atoms with E-state index in [2.05, 4.69) is 71.4 Å². The molecule has 1 heterocycles. The minimum absolute atomic E-state index is 0.375. The van der Waals surface area contributed by atoms with Crippen LogP contribution in [-0.4, -0.2) is 28.6 Å². The number of carbonyl (C=O) groups excluding carboxylic acids is 1. The Morgan fingerprint density at radius 3 is 2.17 bits per heavy atom. The number of carbonyl (C=O) groups is 1. The summed E-state index contributed by atoms with van der Waals surface area (Å²) in [5.74, 6) is 0.501. The van der Waals surface area contributed by atoms with Crippen LogP contribution in [0.3, 0.4) is 0 Å². The van der Waals surface area contributed by atoms with Gasteiger partial charge in [0.05, 0.1) is 11.6 Å². The van der Waals surface area contributed by atoms with Crippen molar-refractivity contribution in [3.05, 3.63) is 126 Å². The zero-order chi connectivity index (χ0) is 27.9. The Morgan fingerprint density at radius 2 is 1.52 bits per heavy atom. The van der Waals surface area contributed by atoms with Gasteiger partial charge in [-0.25, -0.2) is 4.79 Å². The number of nitrogens with zero attached hydrogens (tertiary/aromatic N) is 3. The fourth-order valence-electron chi connectivity index (χ4n) is 4.81. The second kappa shape index (κ2) is 12.2. The fraction of sp³-hybridized carbons (Fsp3) is 0.143. The van der Waals surface area contributed by atoms with E-state index < -0.39 is 0 Å². The number of hydrogen-bond acceptors (Lipinski definition) is 3. The Morgan fingerprint density at radius 1 is 0.850 bits per heavy atom. The smallest absolute Gasteiger partial charge is 0.410 e. The van der Waals surface area contributed by atoms with E-state index in [1.165, 1.54) is 11.1 Å². The first-order chi connectivity index (χ1) is 19.6. The Hall–Kier alpha value is -5.08. The van der Waals surface area contributed by atoms with Crippen molar-refractivity contribution in [2.75, 3.05) is 13.1 Å². The van der Waals surface area contributed by atoms with Gasteiger partial charge in [-0.05, 0) is 66.4 Å². The lowest BCUT2D eigenvalue weighted by molar-refractivity contribution is 0.157. The van der Waals surface area contributed by atoms with Gasteiger partial charge in [0, 0.05) is 42.3 Å². The zero-order valence-corrected chi connectivity index (χ0v) is 22.7. The second-order valence-corrected chi connectivity index (χ2v) is 9.53. The Labute approximate surface area is 235 Å². The minimum atomic E-state index is -0.375. The highest BCUT2D eigenvalue weighted by atomic mass is 16.6. The van der Waals surface area contributed by atoms with Crippen LogP contribution in [0.2, 0.25) is 0 Å². The highest BCUT2D eigenvalue weighted by Gasteiger charge is 2.19. The van der Waals surface area contributed by atoms with Crippen molar-refractivity contribution < 1.29 is 9.53 Å². The van der Waals surface area contributed by atoms with Gasteiger partial charge in [0.25, 0.3) is 0 Å². The molecule has 5 rings (SSSR count). The number of amides is 1. The lowest BCUT2D eigenvalue weighted by Gasteiger charge is -2.20. The molecule has 5 heteroatoms. The van der Waals surface area contributed by atoms with Crippen LogP contribution in [0.4, 0.5) is 4.79 Å². The molecule has 0 unspecified atom stereocenters. The van der Waals surface area contributed by atoms with Crippen molar-refractivity contribution in [3.8, 4) is 22.9 Å². The topological polar surface area (TPSA) is 58.3 Å². The van der Waals surface area contributed by atoms with E-state index in [4.69, 9.17) is 4.74 Å². The summed E-state index contributed by atoms with van der Waals surface area (Å²) >= 11 is 0. The van der Waals surface area contributed by atoms with Crippen molar-refractivity contribution in [1.29, 1.82) is 5.26 Å². The third kappa shape index (κ3) is 5.82. The molecule has 0 radical (unpaired) electrons. The third-order valence-electron chi connectivity index (χ3n) is 7.04. The van der Waals surface area contributed by atoms with Crippen LogP contribution < -0.4 is 4.74 Å². The molecule has 0 saturated heterocycles. The van der Waals surface area contributed by atoms with Crippen molar-refractivity contribution in [2.24, 2.45) is 0 Å². The number of benzene rings is 4. The molecule has 0 saturated carbocycles. The summed E-state index contributed by atoms with van der Waals surface area (Å²) < 4.78 is 8.11. The first kappa shape index (κ1) is 26.5. The van der Waals surface area contributed by atoms with Gasteiger partial charge in [-0.2, -0.15) is 5.26 Å². The fourth-order valence-corrected chi connectivity index (χ4v) is 4.81. The van der Waals surface area contributed by atoms with Crippen molar-refractivity contribution >= 4 is 29.1 Å². The molecule has 0 N–H and O–H groups in total. The van der Waals surface area contributed by atoms with Crippen LogP contribution in [0.25, 0.3) is 34.2 Å². The molecule has 5 aromatic rings. The Bertz CT molecular complexity index is 1670. The quantitative estimate of drug-likeness (QED) is 0.192. The predicted molar refractivity (Wildman–Crippen MR) is 162 cm³/mol. The van der Waals surface area contributed by atoms with Crippen molar-refractivity contribution in [1.82, 2.24) is 9.47 Å². The van der Waals surface area contributed by atoms with Crippen LogP contribution in [-0.2, 0) is 6.54 Å². The molecule has 1 aromatic heterocycles. The normalized spacial score (nSPS) is 11.0. The average molecular weight is 526 g/mol. The summed E-state index contributed by atoms with van der Waals surface area (Å²) in [5.41, 5.74) is 6.85. The molecular formula is C35H31N3O2. The first-order valence-corrected chi connectivity index (χ1v) is 13.5. The number of nitriles is 1. The lowest BCUT2D eigenvalue weighted by Crippen LogP contribution is -2.33. The number of rotatable bonds is 8. The van der Waals surface area contributed by atoms with Crippen LogP contribution in [0.5, 0.6) is 5.75 Å². The van der Waals surface area contributed by atoms with E-state index in [0.29, 0.717) is 30.9 Å². The molecule has 0 aliphatic rings. The monoisotopic (exact) mass is 525 g/mol. The first-order valence-electron chi connectivity index (χ1n) is 13.5. The van der Waals surface area contributed by atoms with Gasteiger partial charge in [0.15, 0.2) is 0 Å². The Balaban J connectivity index is 1.46. The number of fused-ring (bicyclic) bond motifs is 1. The molecule has 0 bridgehead atoms. The van der Waals surface area contributed by atoms with Crippen molar-refractivity contribution in [3.63, 3.8) is 0 Å². The molecule has 1 amide bonds. The number of aromatic nitrogens is 1. The van der Waals surface area contributed by atoms with E-state index in [-0.39, 0.29) is 6.09 Å². The summed E-state index contributed by atoms with van der Waals surface area (Å²) in [7, 11) is 0. The molecular weight excluding hydrogens is 494 g/mol. The van der Waals surface area contributed by atoms with E-state index in [0.717, 1.165) is 27.6 Å². The number of hydrogen-bond donors (Lipinski definition) is 0. The SMILES string of the molecule is CCN(CC)C(=O)Oc1ccc2c(ccn2Cc2ccc(C=Cc3ccccc3)cc2)c1-c1ccc(C#N)cc1. The molecule has 198 valence electrons. The van der Waals surface area contributed by atoms with Gasteiger partial charge in [-0.1, -0.05) is 78.9 Å². The number of ether oxygens (including phenoxy) is 1. The molecule has 0 aliphatic carbocycles. The van der Waals surface area contributed by atoms with Gasteiger partial charge in [0.2, 0.25) is 0 Å². The predicted octanol–water partition coefficient (Wildman–Crippen LogP) is 8.24. The molecule has 0 fully saturated rings. The van der Waals surface area contributed by atoms with E-state index in [9.17, 15) is 10.1 Å². The summed E-state index contributed by atoms with van der Waals surface area (Å²) in [6.45, 7) is 5.71. The highest BCUT2D eigenvalue weighted by molar-refractivity contribution is 5.99. The molecule has 0 spiro atoms. The summed E-state index contributed by atoms with van der Waals surface area (Å²) in [5, 5.41) is 10.3. The second-order valence-electron chi connectivity index (χ2n) is 9.53. The third-order valence-corrected chi connectivity index (χ3v) is 7.04. The maximum Gasteiger partial charge on any atom is 0.415 e. The largest absolute Gasteiger partial charge is 0.415 e. The van der Waals surface area contributed by atoms with Crippen LogP contribution in [0, 0.1) is 11.3 Å². The summed E-state index contributed by atoms with van der Waals surface area (Å²) in [4.78, 5) is 14.5. The van der Waals surface area contributed by atoms with Crippen LogP contribution in [0.1, 0.15) is 36.1 Å². The zero-order valence-electron chi connectivity index (χ0n) is 22.7. The molecule has 0 aliphatic heterocycles. The maximum atomic E-state index is 12.8. The lowest BCUT2D eigenvalue weighted by atomic mass is 9.99. The van der Waals surface area contributed by atoms with Gasteiger partial charge in [-0.15, -0.1) is 0 Å². The molecule has 0 atom stereocenters. The summed E-state index contributed by atoms with van der Waals surface area (Å²) in [6.07, 6.45) is 5.93. The maximum absolute atomic E-state index is 12.8. The highest BCUT2D eigenvalue weighted by Crippen LogP contribution is 2.38. The van der Waals surface area contributed by atoms with Gasteiger partial charge in [-0.3, -0.25) is 0 Å². The summed E-state index contributed by atoms with van der Waals surface area (Å²) in [6, 6.07) is 34.3. The Kier molecular flexibility index (Phi) is 8.08. The van der Waals surface area contributed by atoms with Gasteiger partial charge in [0.1, 0.15) is 5.75 Å². The van der Waals surface area contributed by atoms with Crippen molar-refractivity contribution in [2.45, 2.75) is 20.4 Å². The molecule has 5 nitrogen and oxygen atoms in total. The van der Waals surface area contributed by atoms with Gasteiger partial charge < -0.3 is 14.2 Å². The van der Waals surface area contributed by atoms with Crippen LogP contribution >= 0.6 is 0 Å². The standard InChI is InChI=1S/C35H31N3O2/c1-3-37(4-2)35(39)40-33-21-20-32-31(34(33)30-18-16-28(24-36)17-19-30)22-23-38(32)25-29-14-12-27(13-15-29)11-10-26-8-6-5-7-9-26/h5-23H,3-4,25H2,1-2H3. The van der Waals surface area contributed by atoms with E-state index in [1.54, 1.807) is 17.0 Å². The minimum Gasteiger partial charge on any atom is -0.410 e. The molecule has 4 aromatic carbocycles.